The van der Waals surface area contributed by atoms with Crippen molar-refractivity contribution >= 4 is 23.2 Å². The van der Waals surface area contributed by atoms with Gasteiger partial charge in [0.2, 0.25) is 5.91 Å². The number of nitrogens with zero attached hydrogens (tertiary/aromatic N) is 2. The number of nitrogen functional groups attached to an aromatic ring is 1. The zero-order chi connectivity index (χ0) is 14.7. The third-order valence-electron chi connectivity index (χ3n) is 2.45. The molecule has 104 valence electrons. The predicted octanol–water partition coefficient (Wildman–Crippen LogP) is 0.342. The van der Waals surface area contributed by atoms with Crippen LogP contribution in [0.2, 0.25) is 0 Å². The summed E-state index contributed by atoms with van der Waals surface area (Å²) in [4.78, 5) is 22.6. The Hall–Kier alpha value is -2.90. The number of nitrogens with two attached hydrogens (primary N) is 2. The molecule has 7 nitrogen and oxygen atoms in total. The topological polar surface area (TPSA) is 116 Å². The first-order chi connectivity index (χ1) is 9.45. The van der Waals surface area contributed by atoms with Crippen molar-refractivity contribution in [2.75, 3.05) is 11.1 Å². The second kappa shape index (κ2) is 5.39. The molecule has 2 amide bonds. The van der Waals surface area contributed by atoms with Crippen LogP contribution in [0.1, 0.15) is 10.4 Å². The molecule has 8 heteroatoms. The van der Waals surface area contributed by atoms with Gasteiger partial charge in [-0.2, -0.15) is 5.10 Å². The van der Waals surface area contributed by atoms with Crippen molar-refractivity contribution in [3.05, 3.63) is 42.0 Å². The number of amides is 2. The van der Waals surface area contributed by atoms with E-state index in [2.05, 4.69) is 10.4 Å². The molecule has 0 spiro atoms. The quantitative estimate of drug-likeness (QED) is 0.699. The lowest BCUT2D eigenvalue weighted by molar-refractivity contribution is -0.118. The first-order valence-electron chi connectivity index (χ1n) is 5.63. The molecule has 0 atom stereocenters. The summed E-state index contributed by atoms with van der Waals surface area (Å²) >= 11 is 0. The molecule has 2 aromatic rings. The van der Waals surface area contributed by atoms with E-state index in [4.69, 9.17) is 11.5 Å². The summed E-state index contributed by atoms with van der Waals surface area (Å²) in [6.45, 7) is -0.105. The second-order valence-corrected chi connectivity index (χ2v) is 4.09. The number of carbonyl (C=O) groups is 2. The van der Waals surface area contributed by atoms with Crippen molar-refractivity contribution in [3.63, 3.8) is 0 Å². The Balaban J connectivity index is 2.11. The van der Waals surface area contributed by atoms with Crippen LogP contribution < -0.4 is 16.8 Å². The zero-order valence-corrected chi connectivity index (χ0v) is 10.3. The van der Waals surface area contributed by atoms with Crippen molar-refractivity contribution in [2.45, 2.75) is 6.54 Å². The number of primary amides is 1. The Labute approximate surface area is 113 Å². The lowest BCUT2D eigenvalue weighted by Crippen LogP contribution is -2.18. The van der Waals surface area contributed by atoms with Crippen molar-refractivity contribution in [1.82, 2.24) is 9.78 Å². The van der Waals surface area contributed by atoms with Gasteiger partial charge in [-0.1, -0.05) is 0 Å². The van der Waals surface area contributed by atoms with E-state index in [-0.39, 0.29) is 17.8 Å². The monoisotopic (exact) mass is 277 g/mol. The zero-order valence-electron chi connectivity index (χ0n) is 10.3. The van der Waals surface area contributed by atoms with Crippen molar-refractivity contribution in [3.8, 4) is 0 Å². The van der Waals surface area contributed by atoms with E-state index in [9.17, 15) is 14.0 Å². The number of benzene rings is 1. The lowest BCUT2D eigenvalue weighted by Gasteiger charge is -2.04. The first kappa shape index (κ1) is 13.5. The molecule has 0 aliphatic heterocycles. The van der Waals surface area contributed by atoms with Crippen LogP contribution in [0.25, 0.3) is 0 Å². The van der Waals surface area contributed by atoms with Crippen LogP contribution in [0.5, 0.6) is 0 Å². The van der Waals surface area contributed by atoms with E-state index in [1.165, 1.54) is 29.2 Å². The average Bonchev–Trinajstić information content (AvgIpc) is 2.75. The minimum atomic E-state index is -0.716. The molecule has 2 rings (SSSR count). The number of hydrogen-bond acceptors (Lipinski definition) is 4. The lowest BCUT2D eigenvalue weighted by atomic mass is 10.2. The van der Waals surface area contributed by atoms with Crippen LogP contribution in [0.3, 0.4) is 0 Å². The van der Waals surface area contributed by atoms with Gasteiger partial charge in [-0.15, -0.1) is 0 Å². The van der Waals surface area contributed by atoms with Gasteiger partial charge in [-0.3, -0.25) is 14.3 Å². The summed E-state index contributed by atoms with van der Waals surface area (Å²) in [6.07, 6.45) is 2.74. The maximum atomic E-state index is 13.6. The molecule has 5 N–H and O–H groups in total. The summed E-state index contributed by atoms with van der Waals surface area (Å²) in [7, 11) is 0. The van der Waals surface area contributed by atoms with Gasteiger partial charge < -0.3 is 16.8 Å². The molecule has 1 aromatic carbocycles. The van der Waals surface area contributed by atoms with Crippen LogP contribution >= 0.6 is 0 Å². The van der Waals surface area contributed by atoms with Crippen molar-refractivity contribution in [2.24, 2.45) is 5.73 Å². The molecule has 0 unspecified atom stereocenters. The van der Waals surface area contributed by atoms with Gasteiger partial charge >= 0.3 is 0 Å². The van der Waals surface area contributed by atoms with Crippen LogP contribution in [-0.4, -0.2) is 21.6 Å². The highest BCUT2D eigenvalue weighted by Gasteiger charge is 2.13. The summed E-state index contributed by atoms with van der Waals surface area (Å²) in [6, 6.07) is 3.77. The fourth-order valence-electron chi connectivity index (χ4n) is 1.59. The Morgan fingerprint density at radius 1 is 1.40 bits per heavy atom. The summed E-state index contributed by atoms with van der Waals surface area (Å²) in [5.41, 5.74) is 10.8. The molecular formula is C12H12FN5O2. The minimum Gasteiger partial charge on any atom is -0.399 e. The second-order valence-electron chi connectivity index (χ2n) is 4.09. The number of aromatic nitrogens is 2. The van der Waals surface area contributed by atoms with E-state index in [0.29, 0.717) is 5.69 Å². The molecule has 0 aliphatic carbocycles. The number of anilines is 2. The molecule has 20 heavy (non-hydrogen) atoms. The van der Waals surface area contributed by atoms with Crippen LogP contribution in [0, 0.1) is 5.82 Å². The van der Waals surface area contributed by atoms with E-state index in [0.717, 1.165) is 6.07 Å². The fourth-order valence-corrected chi connectivity index (χ4v) is 1.59. The first-order valence-corrected chi connectivity index (χ1v) is 5.63. The third kappa shape index (κ3) is 3.10. The number of rotatable bonds is 4. The highest BCUT2D eigenvalue weighted by Crippen LogP contribution is 2.14. The van der Waals surface area contributed by atoms with E-state index in [1.807, 2.05) is 0 Å². The van der Waals surface area contributed by atoms with Crippen LogP contribution in [0.4, 0.5) is 15.8 Å². The molecule has 0 saturated carbocycles. The number of halogens is 1. The van der Waals surface area contributed by atoms with Gasteiger partial charge in [0.1, 0.15) is 12.4 Å². The number of hydrogen-bond donors (Lipinski definition) is 3. The summed E-state index contributed by atoms with van der Waals surface area (Å²) in [5.74, 6) is -1.91. The summed E-state index contributed by atoms with van der Waals surface area (Å²) in [5, 5.41) is 6.28. The van der Waals surface area contributed by atoms with Gasteiger partial charge in [-0.25, -0.2) is 4.39 Å². The minimum absolute atomic E-state index is 0.105. The molecule has 0 aliphatic rings. The molecular weight excluding hydrogens is 265 g/mol. The summed E-state index contributed by atoms with van der Waals surface area (Å²) < 4.78 is 14.8. The molecule has 0 radical (unpaired) electrons. The van der Waals surface area contributed by atoms with Gasteiger partial charge in [0, 0.05) is 11.9 Å². The fraction of sp³-hybridized carbons (Fsp3) is 0.0833. The largest absolute Gasteiger partial charge is 0.399 e. The average molecular weight is 277 g/mol. The highest BCUT2D eigenvalue weighted by molar-refractivity contribution is 6.04. The number of carbonyl (C=O) groups excluding carboxylic acids is 2. The molecule has 0 fully saturated rings. The maximum absolute atomic E-state index is 13.6. The van der Waals surface area contributed by atoms with E-state index in [1.54, 1.807) is 0 Å². The molecule has 1 aromatic heterocycles. The van der Waals surface area contributed by atoms with Crippen molar-refractivity contribution < 1.29 is 14.0 Å². The van der Waals surface area contributed by atoms with Gasteiger partial charge in [0.15, 0.2) is 0 Å². The normalized spacial score (nSPS) is 10.2. The molecule has 0 bridgehead atoms. The molecule has 1 heterocycles. The van der Waals surface area contributed by atoms with Crippen molar-refractivity contribution in [1.29, 1.82) is 0 Å². The maximum Gasteiger partial charge on any atom is 0.258 e. The highest BCUT2D eigenvalue weighted by atomic mass is 19.1. The molecule has 0 saturated heterocycles. The van der Waals surface area contributed by atoms with Crippen LogP contribution in [0.15, 0.2) is 30.6 Å². The van der Waals surface area contributed by atoms with Gasteiger partial charge in [-0.05, 0) is 18.2 Å². The van der Waals surface area contributed by atoms with Gasteiger partial charge in [0.05, 0.1) is 17.4 Å². The number of nitrogens with one attached hydrogen (secondary N) is 1. The Morgan fingerprint density at radius 2 is 2.15 bits per heavy atom. The Kier molecular flexibility index (Phi) is 3.65. The SMILES string of the molecule is NC(=O)Cn1cc(NC(=O)c2ccc(N)cc2F)cn1. The smallest absolute Gasteiger partial charge is 0.258 e. The third-order valence-corrected chi connectivity index (χ3v) is 2.45. The Bertz CT molecular complexity index is 668. The predicted molar refractivity (Wildman–Crippen MR) is 70.2 cm³/mol. The standard InChI is InChI=1S/C12H12FN5O2/c13-10-3-7(14)1-2-9(10)12(20)17-8-4-16-18(5-8)6-11(15)19/h1-5H,6,14H2,(H2,15,19)(H,17,20). The van der Waals surface area contributed by atoms with Crippen LogP contribution in [-0.2, 0) is 11.3 Å². The van der Waals surface area contributed by atoms with Gasteiger partial charge in [0.25, 0.3) is 5.91 Å². The van der Waals surface area contributed by atoms with E-state index < -0.39 is 17.6 Å². The van der Waals surface area contributed by atoms with E-state index >= 15 is 0 Å². The Morgan fingerprint density at radius 3 is 2.80 bits per heavy atom.